The Bertz CT molecular complexity index is 439. The van der Waals surface area contributed by atoms with E-state index in [-0.39, 0.29) is 0 Å². The molecule has 4 nitrogen and oxygen atoms in total. The molecule has 0 aromatic heterocycles. The zero-order chi connectivity index (χ0) is 14.4. The first-order valence-electron chi connectivity index (χ1n) is 6.90. The van der Waals surface area contributed by atoms with Crippen LogP contribution in [0.3, 0.4) is 0 Å². The van der Waals surface area contributed by atoms with Crippen molar-refractivity contribution in [3.05, 3.63) is 17.7 Å². The second-order valence-corrected chi connectivity index (χ2v) is 5.85. The average molecular weight is 297 g/mol. The predicted octanol–water partition coefficient (Wildman–Crippen LogP) is 2.55. The third-order valence-electron chi connectivity index (χ3n) is 3.20. The molecule has 0 saturated heterocycles. The molecule has 5 heteroatoms. The molecule has 0 aliphatic carbocycles. The molecule has 0 fully saturated rings. The molecule has 1 unspecified atom stereocenters. The minimum Gasteiger partial charge on any atom is -0.486 e. The highest BCUT2D eigenvalue weighted by Crippen LogP contribution is 2.36. The monoisotopic (exact) mass is 297 g/mol. The van der Waals surface area contributed by atoms with Crippen molar-refractivity contribution >= 4 is 11.8 Å². The Balaban J connectivity index is 1.99. The fraction of sp³-hybridized carbons (Fsp3) is 0.600. The zero-order valence-electron chi connectivity index (χ0n) is 12.4. The van der Waals surface area contributed by atoms with E-state index in [4.69, 9.17) is 14.2 Å². The molecule has 1 aromatic carbocycles. The summed E-state index contributed by atoms with van der Waals surface area (Å²) in [5.41, 5.74) is 1.26. The van der Waals surface area contributed by atoms with Crippen LogP contribution in [0, 0.1) is 5.92 Å². The van der Waals surface area contributed by atoms with E-state index < -0.39 is 0 Å². The van der Waals surface area contributed by atoms with E-state index in [0.717, 1.165) is 31.2 Å². The van der Waals surface area contributed by atoms with Crippen LogP contribution in [0.25, 0.3) is 0 Å². The quantitative estimate of drug-likeness (QED) is 0.783. The molecule has 1 aliphatic rings. The molecule has 1 N–H and O–H groups in total. The fourth-order valence-electron chi connectivity index (χ4n) is 2.24. The third kappa shape index (κ3) is 4.04. The van der Waals surface area contributed by atoms with Crippen molar-refractivity contribution < 1.29 is 14.2 Å². The van der Waals surface area contributed by atoms with Gasteiger partial charge in [0.25, 0.3) is 0 Å². The van der Waals surface area contributed by atoms with Crippen molar-refractivity contribution in [3.63, 3.8) is 0 Å². The van der Waals surface area contributed by atoms with E-state index in [2.05, 4.69) is 30.6 Å². The smallest absolute Gasteiger partial charge is 0.162 e. The molecule has 1 heterocycles. The number of ether oxygens (including phenoxy) is 3. The van der Waals surface area contributed by atoms with Gasteiger partial charge >= 0.3 is 0 Å². The summed E-state index contributed by atoms with van der Waals surface area (Å²) in [7, 11) is 1.74. The van der Waals surface area contributed by atoms with E-state index in [1.165, 1.54) is 10.5 Å². The molecular weight excluding hydrogens is 274 g/mol. The van der Waals surface area contributed by atoms with Crippen LogP contribution in [0.1, 0.15) is 12.5 Å². The lowest BCUT2D eigenvalue weighted by Gasteiger charge is -2.21. The van der Waals surface area contributed by atoms with Gasteiger partial charge in [-0.2, -0.15) is 0 Å². The molecular formula is C15H23NO3S. The standard InChI is InChI=1S/C15H23NO3S/c1-11(10-17-2)8-16-9-12-6-13-14(7-15(12)20-3)19-5-4-18-13/h6-7,11,16H,4-5,8-10H2,1-3H3. The third-order valence-corrected chi connectivity index (χ3v) is 4.02. The first kappa shape index (κ1) is 15.5. The molecule has 1 atom stereocenters. The summed E-state index contributed by atoms with van der Waals surface area (Å²) in [4.78, 5) is 1.24. The van der Waals surface area contributed by atoms with Crippen molar-refractivity contribution in [2.75, 3.05) is 39.7 Å². The van der Waals surface area contributed by atoms with Crippen molar-refractivity contribution in [1.82, 2.24) is 5.32 Å². The fourth-order valence-corrected chi connectivity index (χ4v) is 2.86. The van der Waals surface area contributed by atoms with Crippen molar-refractivity contribution in [3.8, 4) is 11.5 Å². The number of hydrogen-bond acceptors (Lipinski definition) is 5. The number of rotatable bonds is 7. The summed E-state index contributed by atoms with van der Waals surface area (Å²) < 4.78 is 16.4. The SMILES string of the molecule is COCC(C)CNCc1cc2c(cc1SC)OCCO2. The molecule has 1 aliphatic heterocycles. The maximum Gasteiger partial charge on any atom is 0.162 e. The molecule has 0 saturated carbocycles. The summed E-state index contributed by atoms with van der Waals surface area (Å²) >= 11 is 1.74. The topological polar surface area (TPSA) is 39.7 Å². The van der Waals surface area contributed by atoms with Gasteiger partial charge in [-0.15, -0.1) is 11.8 Å². The lowest BCUT2D eigenvalue weighted by atomic mass is 10.1. The van der Waals surface area contributed by atoms with Crippen molar-refractivity contribution in [2.45, 2.75) is 18.4 Å². The maximum atomic E-state index is 5.65. The Kier molecular flexibility index (Phi) is 6.01. The normalized spacial score (nSPS) is 15.2. The number of benzene rings is 1. The molecule has 2 rings (SSSR count). The first-order chi connectivity index (χ1) is 9.74. The van der Waals surface area contributed by atoms with Gasteiger partial charge in [-0.25, -0.2) is 0 Å². The maximum absolute atomic E-state index is 5.65. The van der Waals surface area contributed by atoms with Crippen LogP contribution in [0.5, 0.6) is 11.5 Å². The molecule has 1 aromatic rings. The number of nitrogens with one attached hydrogen (secondary N) is 1. The Hall–Kier alpha value is -0.910. The van der Waals surface area contributed by atoms with Crippen molar-refractivity contribution in [1.29, 1.82) is 0 Å². The van der Waals surface area contributed by atoms with Gasteiger partial charge in [-0.1, -0.05) is 6.92 Å². The van der Waals surface area contributed by atoms with Crippen LogP contribution in [0.4, 0.5) is 0 Å². The summed E-state index contributed by atoms with van der Waals surface area (Å²) in [5, 5.41) is 3.48. The zero-order valence-corrected chi connectivity index (χ0v) is 13.2. The summed E-state index contributed by atoms with van der Waals surface area (Å²) in [6.07, 6.45) is 2.09. The van der Waals surface area contributed by atoms with Gasteiger partial charge in [0, 0.05) is 31.7 Å². The van der Waals surface area contributed by atoms with Crippen LogP contribution in [0.2, 0.25) is 0 Å². The lowest BCUT2D eigenvalue weighted by Crippen LogP contribution is -2.24. The highest BCUT2D eigenvalue weighted by Gasteiger charge is 2.15. The predicted molar refractivity (Wildman–Crippen MR) is 82.0 cm³/mol. The van der Waals surface area contributed by atoms with Gasteiger partial charge in [0.05, 0.1) is 0 Å². The number of thioether (sulfide) groups is 1. The van der Waals surface area contributed by atoms with E-state index >= 15 is 0 Å². The molecule has 0 spiro atoms. The Morgan fingerprint density at radius 3 is 2.65 bits per heavy atom. The number of methoxy groups -OCH3 is 1. The summed E-state index contributed by atoms with van der Waals surface area (Å²) in [6.45, 7) is 5.99. The van der Waals surface area contributed by atoms with Crippen LogP contribution < -0.4 is 14.8 Å². The Morgan fingerprint density at radius 1 is 1.30 bits per heavy atom. The van der Waals surface area contributed by atoms with E-state index in [0.29, 0.717) is 19.1 Å². The largest absolute Gasteiger partial charge is 0.486 e. The van der Waals surface area contributed by atoms with Crippen LogP contribution >= 0.6 is 11.8 Å². The lowest BCUT2D eigenvalue weighted by molar-refractivity contribution is 0.158. The van der Waals surface area contributed by atoms with Crippen molar-refractivity contribution in [2.24, 2.45) is 5.92 Å². The van der Waals surface area contributed by atoms with E-state index in [1.807, 2.05) is 0 Å². The minimum absolute atomic E-state index is 0.509. The molecule has 20 heavy (non-hydrogen) atoms. The molecule has 0 amide bonds. The van der Waals surface area contributed by atoms with Crippen LogP contribution in [0.15, 0.2) is 17.0 Å². The van der Waals surface area contributed by atoms with Crippen LogP contribution in [-0.2, 0) is 11.3 Å². The molecule has 0 bridgehead atoms. The number of hydrogen-bond donors (Lipinski definition) is 1. The van der Waals surface area contributed by atoms with Gasteiger partial charge in [-0.05, 0) is 29.9 Å². The van der Waals surface area contributed by atoms with Gasteiger partial charge < -0.3 is 19.5 Å². The van der Waals surface area contributed by atoms with E-state index in [1.54, 1.807) is 18.9 Å². The highest BCUT2D eigenvalue weighted by atomic mass is 32.2. The minimum atomic E-state index is 0.509. The second kappa shape index (κ2) is 7.76. The Labute approximate surface area is 125 Å². The van der Waals surface area contributed by atoms with Crippen LogP contribution in [-0.4, -0.2) is 39.7 Å². The summed E-state index contributed by atoms with van der Waals surface area (Å²) in [5.74, 6) is 2.22. The molecule has 112 valence electrons. The number of fused-ring (bicyclic) bond motifs is 1. The van der Waals surface area contributed by atoms with Gasteiger partial charge in [0.1, 0.15) is 13.2 Å². The second-order valence-electron chi connectivity index (χ2n) is 5.00. The molecule has 0 radical (unpaired) electrons. The Morgan fingerprint density at radius 2 is 2.00 bits per heavy atom. The summed E-state index contributed by atoms with van der Waals surface area (Å²) in [6, 6.07) is 4.17. The first-order valence-corrected chi connectivity index (χ1v) is 8.13. The van der Waals surface area contributed by atoms with E-state index in [9.17, 15) is 0 Å². The van der Waals surface area contributed by atoms with Gasteiger partial charge in [-0.3, -0.25) is 0 Å². The van der Waals surface area contributed by atoms with Gasteiger partial charge in [0.2, 0.25) is 0 Å². The average Bonchev–Trinajstić information content (AvgIpc) is 2.46. The highest BCUT2D eigenvalue weighted by molar-refractivity contribution is 7.98. The van der Waals surface area contributed by atoms with Gasteiger partial charge in [0.15, 0.2) is 11.5 Å².